The van der Waals surface area contributed by atoms with E-state index in [1.807, 2.05) is 0 Å². The van der Waals surface area contributed by atoms with E-state index >= 15 is 0 Å². The van der Waals surface area contributed by atoms with Gasteiger partial charge in [0.2, 0.25) is 0 Å². The first-order chi connectivity index (χ1) is 5.91. The number of allylic oxidation sites excluding steroid dienone is 1. The lowest BCUT2D eigenvalue weighted by Gasteiger charge is -1.97. The zero-order valence-corrected chi connectivity index (χ0v) is 8.51. The van der Waals surface area contributed by atoms with Crippen molar-refractivity contribution in [2.24, 2.45) is 0 Å². The maximum absolute atomic E-state index is 5.37. The largest absolute Gasteiger partial charge is 0.377 e. The molecule has 0 aromatic rings. The Kier molecular flexibility index (Phi) is 10.4. The van der Waals surface area contributed by atoms with Crippen molar-refractivity contribution in [3.05, 3.63) is 12.2 Å². The Bertz CT molecular complexity index is 97.2. The van der Waals surface area contributed by atoms with Gasteiger partial charge in [-0.2, -0.15) is 0 Å². The van der Waals surface area contributed by atoms with E-state index in [9.17, 15) is 0 Å². The average Bonchev–Trinajstić information content (AvgIpc) is 2.10. The molecule has 0 spiro atoms. The van der Waals surface area contributed by atoms with Crippen LogP contribution in [0.1, 0.15) is 46.0 Å². The second-order valence-electron chi connectivity index (χ2n) is 3.04. The van der Waals surface area contributed by atoms with Crippen LogP contribution >= 0.6 is 0 Å². The van der Waals surface area contributed by atoms with Crippen molar-refractivity contribution in [3.8, 4) is 0 Å². The fourth-order valence-electron chi connectivity index (χ4n) is 0.906. The summed E-state index contributed by atoms with van der Waals surface area (Å²) >= 11 is 0. The maximum atomic E-state index is 5.37. The van der Waals surface area contributed by atoms with Gasteiger partial charge in [0.25, 0.3) is 0 Å². The summed E-state index contributed by atoms with van der Waals surface area (Å²) in [7, 11) is 0. The molecule has 0 aliphatic heterocycles. The Morgan fingerprint density at radius 1 is 1.00 bits per heavy atom. The van der Waals surface area contributed by atoms with E-state index in [2.05, 4.69) is 26.0 Å². The van der Waals surface area contributed by atoms with Crippen LogP contribution in [0.25, 0.3) is 0 Å². The molecule has 0 aliphatic carbocycles. The van der Waals surface area contributed by atoms with Crippen molar-refractivity contribution < 1.29 is 4.74 Å². The Balaban J connectivity index is 2.92. The highest BCUT2D eigenvalue weighted by Gasteiger charge is 1.82. The quantitative estimate of drug-likeness (QED) is 0.400. The molecule has 0 radical (unpaired) electrons. The van der Waals surface area contributed by atoms with Crippen molar-refractivity contribution in [2.45, 2.75) is 46.0 Å². The summed E-state index contributed by atoms with van der Waals surface area (Å²) in [6, 6.07) is 0. The van der Waals surface area contributed by atoms with Gasteiger partial charge in [-0.1, -0.05) is 45.3 Å². The van der Waals surface area contributed by atoms with E-state index in [0.29, 0.717) is 0 Å². The third kappa shape index (κ3) is 9.70. The molecule has 1 heteroatoms. The molecule has 0 atom stereocenters. The van der Waals surface area contributed by atoms with Crippen LogP contribution in [0, 0.1) is 0 Å². The first-order valence-corrected chi connectivity index (χ1v) is 5.14. The summed E-state index contributed by atoms with van der Waals surface area (Å²) in [6.45, 7) is 6.10. The predicted molar refractivity (Wildman–Crippen MR) is 54.4 cm³/mol. The average molecular weight is 170 g/mol. The first kappa shape index (κ1) is 11.7. The van der Waals surface area contributed by atoms with Crippen molar-refractivity contribution in [3.63, 3.8) is 0 Å². The van der Waals surface area contributed by atoms with Gasteiger partial charge < -0.3 is 4.74 Å². The van der Waals surface area contributed by atoms with Crippen molar-refractivity contribution in [1.82, 2.24) is 0 Å². The Morgan fingerprint density at radius 3 is 2.42 bits per heavy atom. The lowest BCUT2D eigenvalue weighted by molar-refractivity contribution is 0.159. The molecule has 72 valence electrons. The van der Waals surface area contributed by atoms with Gasteiger partial charge in [-0.25, -0.2) is 0 Å². The van der Waals surface area contributed by atoms with Crippen molar-refractivity contribution in [2.75, 3.05) is 13.2 Å². The third-order valence-electron chi connectivity index (χ3n) is 1.75. The SMILES string of the molecule is CCCCC=CCOCCCC. The Hall–Kier alpha value is -0.300. The minimum absolute atomic E-state index is 0.795. The summed E-state index contributed by atoms with van der Waals surface area (Å²) in [4.78, 5) is 0. The van der Waals surface area contributed by atoms with E-state index < -0.39 is 0 Å². The van der Waals surface area contributed by atoms with E-state index in [1.54, 1.807) is 0 Å². The molecule has 0 aromatic carbocycles. The molecular formula is C11H22O. The highest BCUT2D eigenvalue weighted by molar-refractivity contribution is 4.80. The van der Waals surface area contributed by atoms with Gasteiger partial charge in [0, 0.05) is 6.61 Å². The lowest BCUT2D eigenvalue weighted by atomic mass is 10.2. The molecule has 0 amide bonds. The number of ether oxygens (including phenoxy) is 1. The topological polar surface area (TPSA) is 9.23 Å². The van der Waals surface area contributed by atoms with Crippen LogP contribution < -0.4 is 0 Å². The van der Waals surface area contributed by atoms with E-state index in [-0.39, 0.29) is 0 Å². The molecule has 0 aromatic heterocycles. The fourth-order valence-corrected chi connectivity index (χ4v) is 0.906. The molecule has 0 saturated carbocycles. The molecule has 12 heavy (non-hydrogen) atoms. The van der Waals surface area contributed by atoms with Gasteiger partial charge in [-0.05, 0) is 12.8 Å². The van der Waals surface area contributed by atoms with Gasteiger partial charge in [0.1, 0.15) is 0 Å². The monoisotopic (exact) mass is 170 g/mol. The molecule has 0 saturated heterocycles. The summed E-state index contributed by atoms with van der Waals surface area (Å²) in [5.41, 5.74) is 0. The van der Waals surface area contributed by atoms with Crippen LogP contribution in [0.5, 0.6) is 0 Å². The molecule has 0 fully saturated rings. The van der Waals surface area contributed by atoms with Gasteiger partial charge in [-0.3, -0.25) is 0 Å². The summed E-state index contributed by atoms with van der Waals surface area (Å²) in [6.07, 6.45) is 10.5. The van der Waals surface area contributed by atoms with Crippen LogP contribution in [-0.4, -0.2) is 13.2 Å². The molecule has 0 N–H and O–H groups in total. The van der Waals surface area contributed by atoms with Crippen molar-refractivity contribution in [1.29, 1.82) is 0 Å². The number of hydrogen-bond donors (Lipinski definition) is 0. The molecule has 0 bridgehead atoms. The second-order valence-corrected chi connectivity index (χ2v) is 3.04. The highest BCUT2D eigenvalue weighted by Crippen LogP contribution is 1.95. The summed E-state index contributed by atoms with van der Waals surface area (Å²) < 4.78 is 5.37. The standard InChI is InChI=1S/C11H22O/c1-3-5-7-8-9-11-12-10-6-4-2/h8-9H,3-7,10-11H2,1-2H3. The first-order valence-electron chi connectivity index (χ1n) is 5.14. The predicted octanol–water partition coefficient (Wildman–Crippen LogP) is 3.55. The number of unbranched alkanes of at least 4 members (excludes halogenated alkanes) is 3. The Morgan fingerprint density at radius 2 is 1.75 bits per heavy atom. The lowest BCUT2D eigenvalue weighted by Crippen LogP contribution is -1.92. The normalized spacial score (nSPS) is 11.2. The summed E-state index contributed by atoms with van der Waals surface area (Å²) in [5.74, 6) is 0. The molecule has 0 rings (SSSR count). The minimum atomic E-state index is 0.795. The second kappa shape index (κ2) is 10.7. The molecule has 0 unspecified atom stereocenters. The minimum Gasteiger partial charge on any atom is -0.377 e. The van der Waals surface area contributed by atoms with Crippen LogP contribution in [0.4, 0.5) is 0 Å². The molecular weight excluding hydrogens is 148 g/mol. The zero-order valence-electron chi connectivity index (χ0n) is 8.51. The van der Waals surface area contributed by atoms with Crippen LogP contribution in [-0.2, 0) is 4.74 Å². The van der Waals surface area contributed by atoms with E-state index in [1.165, 1.54) is 32.1 Å². The van der Waals surface area contributed by atoms with Gasteiger partial charge >= 0.3 is 0 Å². The molecule has 0 heterocycles. The van der Waals surface area contributed by atoms with Crippen molar-refractivity contribution >= 4 is 0 Å². The Labute approximate surface area is 76.8 Å². The van der Waals surface area contributed by atoms with Gasteiger partial charge in [-0.15, -0.1) is 0 Å². The van der Waals surface area contributed by atoms with Crippen LogP contribution in [0.2, 0.25) is 0 Å². The maximum Gasteiger partial charge on any atom is 0.0647 e. The van der Waals surface area contributed by atoms with Crippen LogP contribution in [0.15, 0.2) is 12.2 Å². The van der Waals surface area contributed by atoms with Gasteiger partial charge in [0.05, 0.1) is 6.61 Å². The van der Waals surface area contributed by atoms with E-state index in [4.69, 9.17) is 4.74 Å². The fraction of sp³-hybridized carbons (Fsp3) is 0.818. The van der Waals surface area contributed by atoms with Gasteiger partial charge in [0.15, 0.2) is 0 Å². The van der Waals surface area contributed by atoms with Crippen LogP contribution in [0.3, 0.4) is 0 Å². The number of rotatable bonds is 8. The molecule has 1 nitrogen and oxygen atoms in total. The molecule has 0 aliphatic rings. The third-order valence-corrected chi connectivity index (χ3v) is 1.75. The smallest absolute Gasteiger partial charge is 0.0647 e. The highest BCUT2D eigenvalue weighted by atomic mass is 16.5. The summed E-state index contributed by atoms with van der Waals surface area (Å²) in [5, 5.41) is 0. The number of hydrogen-bond acceptors (Lipinski definition) is 1. The zero-order chi connectivity index (χ0) is 9.07. The van der Waals surface area contributed by atoms with E-state index in [0.717, 1.165) is 13.2 Å².